The molecule has 0 aromatic heterocycles. The molecule has 0 fully saturated rings. The van der Waals surface area contributed by atoms with E-state index in [4.69, 9.17) is 0 Å². The average Bonchev–Trinajstić information content (AvgIpc) is 2.84. The highest BCUT2D eigenvalue weighted by Gasteiger charge is 2.46. The Labute approximate surface area is 154 Å². The summed E-state index contributed by atoms with van der Waals surface area (Å²) in [5.41, 5.74) is -0.235. The number of nitro benzene ring substituents is 1. The van der Waals surface area contributed by atoms with Crippen LogP contribution < -0.4 is 3.71 Å². The first-order valence-corrected chi connectivity index (χ1v) is 10.6. The molecule has 10 heteroatoms. The Morgan fingerprint density at radius 1 is 1.04 bits per heavy atom. The maximum Gasteiger partial charge on any atom is 0.290 e. The van der Waals surface area contributed by atoms with E-state index in [-0.39, 0.29) is 19.7 Å². The number of aryl methyl sites for hydroxylation is 1. The summed E-state index contributed by atoms with van der Waals surface area (Å²) in [4.78, 5) is 9.72. The van der Waals surface area contributed by atoms with Crippen LogP contribution in [0.5, 0.6) is 0 Å². The second-order valence-electron chi connectivity index (χ2n) is 6.07. The normalized spacial score (nSPS) is 15.2. The van der Waals surface area contributed by atoms with Crippen molar-refractivity contribution in [1.82, 2.24) is 0 Å². The Kier molecular flexibility index (Phi) is 3.56. The molecule has 0 unspecified atom stereocenters. The van der Waals surface area contributed by atoms with Crippen molar-refractivity contribution in [2.75, 3.05) is 3.71 Å². The highest BCUT2D eigenvalue weighted by Crippen LogP contribution is 2.45. The van der Waals surface area contributed by atoms with Crippen molar-refractivity contribution in [3.8, 4) is 0 Å². The predicted molar refractivity (Wildman–Crippen MR) is 98.6 cm³/mol. The summed E-state index contributed by atoms with van der Waals surface area (Å²) in [6, 6.07) is 12.6. The number of hydrogen-bond acceptors (Lipinski definition) is 6. The topological polar surface area (TPSA) is 115 Å². The molecule has 0 saturated heterocycles. The zero-order valence-electron chi connectivity index (χ0n) is 13.9. The quantitative estimate of drug-likeness (QED) is 0.490. The van der Waals surface area contributed by atoms with Gasteiger partial charge in [-0.15, -0.1) is 0 Å². The Hall–Kier alpha value is -2.98. The van der Waals surface area contributed by atoms with E-state index >= 15 is 0 Å². The van der Waals surface area contributed by atoms with E-state index in [0.717, 1.165) is 12.1 Å². The van der Waals surface area contributed by atoms with Crippen LogP contribution in [0.4, 0.5) is 11.4 Å². The third-order valence-electron chi connectivity index (χ3n) is 4.34. The Bertz CT molecular complexity index is 1340. The first kappa shape index (κ1) is 17.4. The van der Waals surface area contributed by atoms with Crippen LogP contribution in [0, 0.1) is 17.0 Å². The molecule has 0 atom stereocenters. The molecule has 0 spiro atoms. The van der Waals surface area contributed by atoms with Crippen LogP contribution in [-0.2, 0) is 20.0 Å². The van der Waals surface area contributed by atoms with Crippen molar-refractivity contribution in [3.63, 3.8) is 0 Å². The van der Waals surface area contributed by atoms with Gasteiger partial charge in [-0.25, -0.2) is 0 Å². The van der Waals surface area contributed by atoms with Crippen molar-refractivity contribution in [3.05, 3.63) is 70.3 Å². The Morgan fingerprint density at radius 3 is 2.37 bits per heavy atom. The van der Waals surface area contributed by atoms with E-state index < -0.39 is 35.6 Å². The van der Waals surface area contributed by atoms with Gasteiger partial charge in [-0.05, 0) is 36.1 Å². The molecule has 1 aliphatic heterocycles. The minimum atomic E-state index is -4.75. The largest absolute Gasteiger partial charge is 0.290 e. The van der Waals surface area contributed by atoms with Gasteiger partial charge in [0, 0.05) is 11.5 Å². The van der Waals surface area contributed by atoms with Crippen molar-refractivity contribution in [2.24, 2.45) is 0 Å². The zero-order valence-corrected chi connectivity index (χ0v) is 15.5. The number of sulfonamides is 2. The summed E-state index contributed by atoms with van der Waals surface area (Å²) in [5, 5.41) is 12.2. The van der Waals surface area contributed by atoms with Crippen molar-refractivity contribution in [2.45, 2.75) is 16.7 Å². The van der Waals surface area contributed by atoms with E-state index in [9.17, 15) is 26.9 Å². The first-order chi connectivity index (χ1) is 12.7. The monoisotopic (exact) mass is 404 g/mol. The number of anilines is 1. The number of benzene rings is 3. The second kappa shape index (κ2) is 5.51. The fourth-order valence-corrected chi connectivity index (χ4v) is 7.27. The lowest BCUT2D eigenvalue weighted by Gasteiger charge is -2.19. The van der Waals surface area contributed by atoms with E-state index in [1.54, 1.807) is 19.1 Å². The summed E-state index contributed by atoms with van der Waals surface area (Å²) < 4.78 is 52.8. The summed E-state index contributed by atoms with van der Waals surface area (Å²) in [6.45, 7) is 1.58. The van der Waals surface area contributed by atoms with Gasteiger partial charge in [0.2, 0.25) is 0 Å². The fourth-order valence-electron chi connectivity index (χ4n) is 3.21. The van der Waals surface area contributed by atoms with Gasteiger partial charge in [0.15, 0.2) is 4.90 Å². The molecule has 0 N–H and O–H groups in total. The van der Waals surface area contributed by atoms with Crippen molar-refractivity contribution < 1.29 is 21.8 Å². The number of hydrogen-bond donors (Lipinski definition) is 0. The molecule has 0 radical (unpaired) electrons. The molecule has 4 rings (SSSR count). The van der Waals surface area contributed by atoms with E-state index in [0.29, 0.717) is 10.9 Å². The number of nitrogens with zero attached hydrogens (tertiary/aromatic N) is 2. The van der Waals surface area contributed by atoms with Gasteiger partial charge in [-0.2, -0.15) is 20.5 Å². The molecule has 8 nitrogen and oxygen atoms in total. The molecule has 0 amide bonds. The lowest BCUT2D eigenvalue weighted by Crippen LogP contribution is -2.34. The third-order valence-corrected chi connectivity index (χ3v) is 8.59. The standard InChI is InChI=1S/C17H12N2O6S2/c1-11-8-9-15(14(10-11)18(20)21)26(22,23)19-13-6-2-4-12-5-3-7-16(17(12)13)27(19,24)25/h2-10H,1H3. The SMILES string of the molecule is Cc1ccc(S(=O)(=O)N2c3cccc4cccc(c34)S2(=O)=O)c([N+](=O)[O-])c1. The third kappa shape index (κ3) is 2.33. The van der Waals surface area contributed by atoms with Gasteiger partial charge < -0.3 is 0 Å². The van der Waals surface area contributed by atoms with E-state index in [1.165, 1.54) is 30.3 Å². The van der Waals surface area contributed by atoms with Gasteiger partial charge >= 0.3 is 0 Å². The summed E-state index contributed by atoms with van der Waals surface area (Å²) >= 11 is 0. The van der Waals surface area contributed by atoms with Crippen LogP contribution >= 0.6 is 0 Å². The van der Waals surface area contributed by atoms with E-state index in [2.05, 4.69) is 0 Å². The van der Waals surface area contributed by atoms with Crippen LogP contribution in [0.25, 0.3) is 10.8 Å². The molecule has 0 bridgehead atoms. The Balaban J connectivity index is 2.06. The van der Waals surface area contributed by atoms with Gasteiger partial charge in [0.25, 0.3) is 25.7 Å². The Morgan fingerprint density at radius 2 is 1.70 bits per heavy atom. The molecular weight excluding hydrogens is 392 g/mol. The molecule has 3 aromatic carbocycles. The van der Waals surface area contributed by atoms with Crippen molar-refractivity contribution >= 4 is 42.2 Å². The molecule has 138 valence electrons. The van der Waals surface area contributed by atoms with Crippen molar-refractivity contribution in [1.29, 1.82) is 0 Å². The molecule has 0 aliphatic carbocycles. The molecule has 1 aliphatic rings. The molecule has 3 aromatic rings. The highest BCUT2D eigenvalue weighted by molar-refractivity contribution is 8.10. The van der Waals surface area contributed by atoms with Crippen LogP contribution in [0.3, 0.4) is 0 Å². The lowest BCUT2D eigenvalue weighted by atomic mass is 10.1. The van der Waals surface area contributed by atoms with Crippen LogP contribution in [0.15, 0.2) is 64.4 Å². The van der Waals surface area contributed by atoms with Gasteiger partial charge in [0.05, 0.1) is 15.5 Å². The van der Waals surface area contributed by atoms with Gasteiger partial charge in [-0.1, -0.05) is 30.3 Å². The molecular formula is C17H12N2O6S2. The molecule has 0 saturated carbocycles. The maximum atomic E-state index is 13.2. The van der Waals surface area contributed by atoms with Crippen LogP contribution in [-0.4, -0.2) is 21.8 Å². The maximum absolute atomic E-state index is 13.2. The molecule has 27 heavy (non-hydrogen) atoms. The lowest BCUT2D eigenvalue weighted by molar-refractivity contribution is -0.387. The van der Waals surface area contributed by atoms with Crippen LogP contribution in [0.1, 0.15) is 5.56 Å². The smallest absolute Gasteiger partial charge is 0.258 e. The summed E-state index contributed by atoms with van der Waals surface area (Å²) in [5.74, 6) is 0. The van der Waals surface area contributed by atoms with E-state index in [1.807, 2.05) is 0 Å². The van der Waals surface area contributed by atoms with Crippen LogP contribution in [0.2, 0.25) is 0 Å². The summed E-state index contributed by atoms with van der Waals surface area (Å²) in [6.07, 6.45) is 0. The summed E-state index contributed by atoms with van der Waals surface area (Å²) in [7, 11) is -9.18. The zero-order chi connectivity index (χ0) is 19.6. The minimum Gasteiger partial charge on any atom is -0.258 e. The van der Waals surface area contributed by atoms with Gasteiger partial charge in [0.1, 0.15) is 0 Å². The minimum absolute atomic E-state index is 0.0435. The number of rotatable bonds is 3. The fraction of sp³-hybridized carbons (Fsp3) is 0.0588. The second-order valence-corrected chi connectivity index (χ2v) is 9.81. The predicted octanol–water partition coefficient (Wildman–Crippen LogP) is 2.95. The van der Waals surface area contributed by atoms with Gasteiger partial charge in [-0.3, -0.25) is 10.1 Å². The first-order valence-electron chi connectivity index (χ1n) is 7.73. The average molecular weight is 404 g/mol. The highest BCUT2D eigenvalue weighted by atomic mass is 32.3. The molecule has 1 heterocycles. The number of nitro groups is 1.